The molecule has 0 saturated heterocycles. The Bertz CT molecular complexity index is 749. The van der Waals surface area contributed by atoms with E-state index >= 15 is 0 Å². The van der Waals surface area contributed by atoms with Crippen molar-refractivity contribution in [2.45, 2.75) is 20.0 Å². The third-order valence-corrected chi connectivity index (χ3v) is 3.91. The number of hydroxylamine groups is 2. The molecule has 1 atom stereocenters. The van der Waals surface area contributed by atoms with Gasteiger partial charge in [0, 0.05) is 0 Å². The van der Waals surface area contributed by atoms with Crippen molar-refractivity contribution in [2.24, 2.45) is 0 Å². The van der Waals surface area contributed by atoms with E-state index in [1.54, 1.807) is 24.3 Å². The number of fused-ring (bicyclic) bond motifs is 1. The maximum Gasteiger partial charge on any atom is 0.285 e. The largest absolute Gasteiger partial charge is 0.386 e. The second-order valence-electron chi connectivity index (χ2n) is 5.62. The first-order valence-corrected chi connectivity index (χ1v) is 7.35. The average Bonchev–Trinajstić information content (AvgIpc) is 2.79. The average molecular weight is 311 g/mol. The molecule has 0 aromatic heterocycles. The van der Waals surface area contributed by atoms with E-state index in [2.05, 4.69) is 0 Å². The van der Waals surface area contributed by atoms with Crippen LogP contribution >= 0.6 is 0 Å². The molecule has 0 bridgehead atoms. The molecule has 0 saturated carbocycles. The van der Waals surface area contributed by atoms with Crippen molar-refractivity contribution in [2.75, 3.05) is 6.61 Å². The summed E-state index contributed by atoms with van der Waals surface area (Å²) in [6.07, 6.45) is -0.917. The molecule has 1 heterocycles. The number of rotatable bonds is 4. The van der Waals surface area contributed by atoms with Gasteiger partial charge in [-0.15, -0.1) is 5.06 Å². The fraction of sp³-hybridized carbons (Fsp3) is 0.222. The second kappa shape index (κ2) is 5.95. The topological polar surface area (TPSA) is 66.8 Å². The molecule has 1 aliphatic rings. The van der Waals surface area contributed by atoms with Crippen molar-refractivity contribution in [3.63, 3.8) is 0 Å². The smallest absolute Gasteiger partial charge is 0.285 e. The molecule has 0 radical (unpaired) electrons. The summed E-state index contributed by atoms with van der Waals surface area (Å²) in [5.41, 5.74) is 3.30. The number of amides is 2. The molecule has 1 aliphatic heterocycles. The van der Waals surface area contributed by atoms with Gasteiger partial charge >= 0.3 is 0 Å². The lowest BCUT2D eigenvalue weighted by Crippen LogP contribution is -2.31. The highest BCUT2D eigenvalue weighted by atomic mass is 16.7. The zero-order chi connectivity index (χ0) is 16.6. The van der Waals surface area contributed by atoms with E-state index in [0.717, 1.165) is 21.8 Å². The molecule has 0 spiro atoms. The first kappa shape index (κ1) is 15.4. The number of aliphatic hydroxyl groups excluding tert-OH is 1. The third kappa shape index (κ3) is 2.76. The Morgan fingerprint density at radius 1 is 1.04 bits per heavy atom. The molecular weight excluding hydrogens is 294 g/mol. The van der Waals surface area contributed by atoms with Crippen molar-refractivity contribution in [1.82, 2.24) is 5.06 Å². The van der Waals surface area contributed by atoms with Gasteiger partial charge in [-0.2, -0.15) is 0 Å². The van der Waals surface area contributed by atoms with Gasteiger partial charge in [0.2, 0.25) is 0 Å². The van der Waals surface area contributed by atoms with Crippen LogP contribution in [0.2, 0.25) is 0 Å². The normalized spacial score (nSPS) is 15.0. The summed E-state index contributed by atoms with van der Waals surface area (Å²) in [7, 11) is 0. The van der Waals surface area contributed by atoms with E-state index in [0.29, 0.717) is 11.1 Å². The maximum atomic E-state index is 12.2. The highest BCUT2D eigenvalue weighted by molar-refractivity contribution is 6.20. The number of imide groups is 1. The van der Waals surface area contributed by atoms with Gasteiger partial charge in [-0.1, -0.05) is 35.9 Å². The highest BCUT2D eigenvalue weighted by Crippen LogP contribution is 2.25. The lowest BCUT2D eigenvalue weighted by Gasteiger charge is -2.18. The number of nitrogens with zero attached hydrogens (tertiary/aromatic N) is 1. The number of carbonyl (C=O) groups is 2. The number of carbonyl (C=O) groups excluding carboxylic acids is 2. The van der Waals surface area contributed by atoms with E-state index in [1.165, 1.54) is 0 Å². The van der Waals surface area contributed by atoms with Crippen molar-refractivity contribution in [3.05, 3.63) is 70.3 Å². The number of aliphatic hydroxyl groups is 1. The van der Waals surface area contributed by atoms with E-state index in [-0.39, 0.29) is 6.61 Å². The minimum absolute atomic E-state index is 0.171. The lowest BCUT2D eigenvalue weighted by atomic mass is 10.0. The molecule has 0 fully saturated rings. The van der Waals surface area contributed by atoms with Crippen LogP contribution in [0.15, 0.2) is 42.5 Å². The van der Waals surface area contributed by atoms with Gasteiger partial charge in [0.1, 0.15) is 12.7 Å². The molecule has 2 aromatic rings. The van der Waals surface area contributed by atoms with Crippen molar-refractivity contribution in [1.29, 1.82) is 0 Å². The molecule has 1 N–H and O–H groups in total. The number of hydrogen-bond donors (Lipinski definition) is 1. The van der Waals surface area contributed by atoms with Gasteiger partial charge in [-0.3, -0.25) is 14.4 Å². The molecule has 2 aromatic carbocycles. The van der Waals surface area contributed by atoms with Crippen molar-refractivity contribution < 1.29 is 19.5 Å². The quantitative estimate of drug-likeness (QED) is 0.881. The summed E-state index contributed by atoms with van der Waals surface area (Å²) in [5, 5.41) is 11.0. The number of aryl methyl sites for hydroxylation is 2. The fourth-order valence-corrected chi connectivity index (χ4v) is 2.64. The third-order valence-electron chi connectivity index (χ3n) is 3.91. The first-order valence-electron chi connectivity index (χ1n) is 7.35. The summed E-state index contributed by atoms with van der Waals surface area (Å²) < 4.78 is 0. The van der Waals surface area contributed by atoms with Crippen LogP contribution in [0.3, 0.4) is 0 Å². The van der Waals surface area contributed by atoms with Gasteiger partial charge < -0.3 is 5.11 Å². The monoisotopic (exact) mass is 311 g/mol. The molecule has 5 heteroatoms. The van der Waals surface area contributed by atoms with Crippen LogP contribution in [0.5, 0.6) is 0 Å². The Kier molecular flexibility index (Phi) is 3.98. The molecule has 1 unspecified atom stereocenters. The van der Waals surface area contributed by atoms with Crippen molar-refractivity contribution >= 4 is 11.8 Å². The van der Waals surface area contributed by atoms with Crippen LogP contribution in [0.25, 0.3) is 0 Å². The number of hydrogen-bond acceptors (Lipinski definition) is 4. The van der Waals surface area contributed by atoms with Crippen LogP contribution < -0.4 is 0 Å². The molecule has 3 rings (SSSR count). The predicted octanol–water partition coefficient (Wildman–Crippen LogP) is 2.56. The first-order chi connectivity index (χ1) is 11.0. The van der Waals surface area contributed by atoms with Gasteiger partial charge in [0.15, 0.2) is 0 Å². The summed E-state index contributed by atoms with van der Waals surface area (Å²) in [5.74, 6) is -1.00. The molecule has 0 aliphatic carbocycles. The molecular formula is C18H17NO4. The second-order valence-corrected chi connectivity index (χ2v) is 5.62. The standard InChI is InChI=1S/C18H17NO4/c1-11-7-8-12(2)15(9-11)16(20)10-23-19-17(21)13-5-3-4-6-14(13)18(19)22/h3-9,16,20H,10H2,1-2H3. The minimum atomic E-state index is -0.917. The Labute approximate surface area is 134 Å². The maximum absolute atomic E-state index is 12.2. The zero-order valence-corrected chi connectivity index (χ0v) is 12.9. The van der Waals surface area contributed by atoms with E-state index < -0.39 is 17.9 Å². The van der Waals surface area contributed by atoms with Crippen LogP contribution in [-0.2, 0) is 4.84 Å². The molecule has 5 nitrogen and oxygen atoms in total. The summed E-state index contributed by atoms with van der Waals surface area (Å²) in [6.45, 7) is 3.65. The minimum Gasteiger partial charge on any atom is -0.386 e. The van der Waals surface area contributed by atoms with E-state index in [4.69, 9.17) is 4.84 Å². The van der Waals surface area contributed by atoms with Crippen LogP contribution in [0.4, 0.5) is 0 Å². The summed E-state index contributed by atoms with van der Waals surface area (Å²) >= 11 is 0. The summed E-state index contributed by atoms with van der Waals surface area (Å²) in [6, 6.07) is 12.3. The van der Waals surface area contributed by atoms with Crippen LogP contribution in [0, 0.1) is 13.8 Å². The van der Waals surface area contributed by atoms with Crippen LogP contribution in [0.1, 0.15) is 43.5 Å². The van der Waals surface area contributed by atoms with Gasteiger partial charge in [-0.05, 0) is 37.1 Å². The lowest BCUT2D eigenvalue weighted by molar-refractivity contribution is -0.116. The van der Waals surface area contributed by atoms with Gasteiger partial charge in [0.05, 0.1) is 11.1 Å². The molecule has 2 amide bonds. The molecule has 118 valence electrons. The summed E-state index contributed by atoms with van der Waals surface area (Å²) in [4.78, 5) is 29.7. The van der Waals surface area contributed by atoms with E-state index in [1.807, 2.05) is 32.0 Å². The highest BCUT2D eigenvalue weighted by Gasteiger charge is 2.36. The Hall–Kier alpha value is -2.50. The van der Waals surface area contributed by atoms with Gasteiger partial charge in [0.25, 0.3) is 11.8 Å². The Morgan fingerprint density at radius 2 is 1.65 bits per heavy atom. The zero-order valence-electron chi connectivity index (χ0n) is 12.9. The fourth-order valence-electron chi connectivity index (χ4n) is 2.64. The number of benzene rings is 2. The SMILES string of the molecule is Cc1ccc(C)c(C(O)CON2C(=O)c3ccccc3C2=O)c1. The molecule has 23 heavy (non-hydrogen) atoms. The Morgan fingerprint density at radius 3 is 2.26 bits per heavy atom. The predicted molar refractivity (Wildman–Crippen MR) is 83.8 cm³/mol. The van der Waals surface area contributed by atoms with Crippen LogP contribution in [-0.4, -0.2) is 28.6 Å². The van der Waals surface area contributed by atoms with Gasteiger partial charge in [-0.25, -0.2) is 0 Å². The van der Waals surface area contributed by atoms with E-state index in [9.17, 15) is 14.7 Å². The van der Waals surface area contributed by atoms with Crippen molar-refractivity contribution in [3.8, 4) is 0 Å². The Balaban J connectivity index is 1.73.